The molecule has 0 bridgehead atoms. The first-order valence-corrected chi connectivity index (χ1v) is 5.39. The van der Waals surface area contributed by atoms with Crippen molar-refractivity contribution in [1.82, 2.24) is 5.32 Å². The van der Waals surface area contributed by atoms with Crippen LogP contribution in [-0.4, -0.2) is 19.6 Å². The maximum atomic E-state index is 10.9. The van der Waals surface area contributed by atoms with E-state index in [-0.39, 0.29) is 5.91 Å². The number of halogens is 1. The van der Waals surface area contributed by atoms with Crippen molar-refractivity contribution in [2.45, 2.75) is 12.8 Å². The second-order valence-corrected chi connectivity index (χ2v) is 3.74. The van der Waals surface area contributed by atoms with Gasteiger partial charge in [-0.2, -0.15) is 0 Å². The fraction of sp³-hybridized carbons (Fsp3) is 0.364. The summed E-state index contributed by atoms with van der Waals surface area (Å²) in [6.07, 6.45) is 1.10. The van der Waals surface area contributed by atoms with Crippen LogP contribution in [0.1, 0.15) is 12.8 Å². The molecule has 0 fully saturated rings. The van der Waals surface area contributed by atoms with Gasteiger partial charge >= 0.3 is 0 Å². The summed E-state index contributed by atoms with van der Waals surface area (Å²) in [6.45, 7) is 0.458. The number of ether oxygens (including phenoxy) is 1. The maximum Gasteiger partial charge on any atom is 0.219 e. The Labute approximate surface area is 99.7 Å². The number of benzene rings is 1. The van der Waals surface area contributed by atoms with E-state index in [9.17, 15) is 4.79 Å². The van der Waals surface area contributed by atoms with Gasteiger partial charge in [0.15, 0.2) is 0 Å². The first-order valence-electron chi connectivity index (χ1n) is 5.02. The third-order valence-corrected chi connectivity index (χ3v) is 2.29. The molecule has 0 saturated carbocycles. The first kappa shape index (κ1) is 12.6. The lowest BCUT2D eigenvalue weighted by atomic mass is 10.3. The van der Waals surface area contributed by atoms with Gasteiger partial charge in [-0.1, -0.05) is 11.6 Å². The molecule has 4 nitrogen and oxygen atoms in total. The molecule has 0 radical (unpaired) electrons. The van der Waals surface area contributed by atoms with Gasteiger partial charge < -0.3 is 15.8 Å². The van der Waals surface area contributed by atoms with Crippen molar-refractivity contribution in [2.24, 2.45) is 0 Å². The van der Waals surface area contributed by atoms with E-state index in [4.69, 9.17) is 22.1 Å². The maximum absolute atomic E-state index is 10.9. The van der Waals surface area contributed by atoms with E-state index < -0.39 is 0 Å². The standard InChI is InChI=1S/C11H15ClN2O2/c1-14-11(15)3-2-6-16-10-5-4-8(12)7-9(10)13/h4-5,7H,2-3,6,13H2,1H3,(H,14,15). The summed E-state index contributed by atoms with van der Waals surface area (Å²) in [7, 11) is 1.61. The second-order valence-electron chi connectivity index (χ2n) is 3.31. The van der Waals surface area contributed by atoms with Crippen LogP contribution in [0.15, 0.2) is 18.2 Å². The minimum absolute atomic E-state index is 0.00711. The van der Waals surface area contributed by atoms with E-state index in [2.05, 4.69) is 5.32 Å². The topological polar surface area (TPSA) is 64.3 Å². The molecule has 1 rings (SSSR count). The van der Waals surface area contributed by atoms with Crippen molar-refractivity contribution >= 4 is 23.2 Å². The molecule has 0 aromatic heterocycles. The molecule has 16 heavy (non-hydrogen) atoms. The van der Waals surface area contributed by atoms with Crippen LogP contribution in [0.2, 0.25) is 5.02 Å². The van der Waals surface area contributed by atoms with Gasteiger partial charge in [-0.25, -0.2) is 0 Å². The Morgan fingerprint density at radius 2 is 2.31 bits per heavy atom. The van der Waals surface area contributed by atoms with Crippen LogP contribution in [0.4, 0.5) is 5.69 Å². The van der Waals surface area contributed by atoms with E-state index in [1.54, 1.807) is 25.2 Å². The molecule has 0 aliphatic rings. The number of nitrogen functional groups attached to an aromatic ring is 1. The van der Waals surface area contributed by atoms with Crippen molar-refractivity contribution < 1.29 is 9.53 Å². The molecule has 0 saturated heterocycles. The molecule has 5 heteroatoms. The molecular weight excluding hydrogens is 228 g/mol. The number of carbonyl (C=O) groups excluding carboxylic acids is 1. The van der Waals surface area contributed by atoms with Crippen molar-refractivity contribution in [3.8, 4) is 5.75 Å². The van der Waals surface area contributed by atoms with E-state index in [1.807, 2.05) is 0 Å². The van der Waals surface area contributed by atoms with Gasteiger partial charge in [0, 0.05) is 18.5 Å². The number of carbonyl (C=O) groups is 1. The SMILES string of the molecule is CNC(=O)CCCOc1ccc(Cl)cc1N. The van der Waals surface area contributed by atoms with Gasteiger partial charge in [0.05, 0.1) is 12.3 Å². The zero-order chi connectivity index (χ0) is 12.0. The predicted molar refractivity (Wildman–Crippen MR) is 64.7 cm³/mol. The Kier molecular flexibility index (Phi) is 4.92. The fourth-order valence-corrected chi connectivity index (χ4v) is 1.37. The lowest BCUT2D eigenvalue weighted by Crippen LogP contribution is -2.18. The number of nitrogens with two attached hydrogens (primary N) is 1. The van der Waals surface area contributed by atoms with E-state index in [0.29, 0.717) is 35.9 Å². The van der Waals surface area contributed by atoms with Gasteiger partial charge in [-0.05, 0) is 24.6 Å². The average Bonchev–Trinajstić information content (AvgIpc) is 2.26. The van der Waals surface area contributed by atoms with Crippen LogP contribution < -0.4 is 15.8 Å². The third-order valence-electron chi connectivity index (χ3n) is 2.06. The molecule has 88 valence electrons. The van der Waals surface area contributed by atoms with Gasteiger partial charge in [0.2, 0.25) is 5.91 Å². The van der Waals surface area contributed by atoms with Crippen LogP contribution in [0, 0.1) is 0 Å². The van der Waals surface area contributed by atoms with Crippen molar-refractivity contribution in [1.29, 1.82) is 0 Å². The molecular formula is C11H15ClN2O2. The summed E-state index contributed by atoms with van der Waals surface area (Å²) in [5, 5.41) is 3.12. The second kappa shape index (κ2) is 6.23. The van der Waals surface area contributed by atoms with E-state index >= 15 is 0 Å². The van der Waals surface area contributed by atoms with Gasteiger partial charge in [0.1, 0.15) is 5.75 Å². The van der Waals surface area contributed by atoms with Crippen molar-refractivity contribution in [3.63, 3.8) is 0 Å². The van der Waals surface area contributed by atoms with E-state index in [1.165, 1.54) is 0 Å². The summed E-state index contributed by atoms with van der Waals surface area (Å²) in [5.74, 6) is 0.606. The third kappa shape index (κ3) is 3.98. The van der Waals surface area contributed by atoms with Crippen LogP contribution in [0.25, 0.3) is 0 Å². The zero-order valence-corrected chi connectivity index (χ0v) is 9.88. The molecule has 1 aromatic carbocycles. The monoisotopic (exact) mass is 242 g/mol. The minimum atomic E-state index is 0.00711. The number of hydrogen-bond donors (Lipinski definition) is 2. The summed E-state index contributed by atoms with van der Waals surface area (Å²) in [4.78, 5) is 10.9. The highest BCUT2D eigenvalue weighted by molar-refractivity contribution is 6.30. The Morgan fingerprint density at radius 3 is 2.94 bits per heavy atom. The summed E-state index contributed by atoms with van der Waals surface area (Å²) in [5.41, 5.74) is 6.21. The number of anilines is 1. The lowest BCUT2D eigenvalue weighted by molar-refractivity contribution is -0.120. The first-order chi connectivity index (χ1) is 7.63. The summed E-state index contributed by atoms with van der Waals surface area (Å²) in [6, 6.07) is 5.07. The Morgan fingerprint density at radius 1 is 1.56 bits per heavy atom. The van der Waals surface area contributed by atoms with E-state index in [0.717, 1.165) is 0 Å². The quantitative estimate of drug-likeness (QED) is 0.612. The highest BCUT2D eigenvalue weighted by Crippen LogP contribution is 2.24. The zero-order valence-electron chi connectivity index (χ0n) is 9.13. The Bertz CT molecular complexity index is 369. The molecule has 1 amide bonds. The molecule has 0 unspecified atom stereocenters. The minimum Gasteiger partial charge on any atom is -0.491 e. The highest BCUT2D eigenvalue weighted by Gasteiger charge is 2.02. The van der Waals surface area contributed by atoms with Crippen molar-refractivity contribution in [2.75, 3.05) is 19.4 Å². The molecule has 0 aliphatic heterocycles. The Balaban J connectivity index is 2.35. The number of nitrogens with one attached hydrogen (secondary N) is 1. The highest BCUT2D eigenvalue weighted by atomic mass is 35.5. The van der Waals surface area contributed by atoms with Gasteiger partial charge in [-0.15, -0.1) is 0 Å². The molecule has 3 N–H and O–H groups in total. The van der Waals surface area contributed by atoms with Crippen molar-refractivity contribution in [3.05, 3.63) is 23.2 Å². The number of hydrogen-bond acceptors (Lipinski definition) is 3. The number of amides is 1. The lowest BCUT2D eigenvalue weighted by Gasteiger charge is -2.08. The molecule has 0 heterocycles. The average molecular weight is 243 g/mol. The van der Waals surface area contributed by atoms with Gasteiger partial charge in [-0.3, -0.25) is 4.79 Å². The van der Waals surface area contributed by atoms with Crippen LogP contribution in [0.3, 0.4) is 0 Å². The van der Waals surface area contributed by atoms with Crippen LogP contribution in [0.5, 0.6) is 5.75 Å². The van der Waals surface area contributed by atoms with Crippen LogP contribution in [-0.2, 0) is 4.79 Å². The summed E-state index contributed by atoms with van der Waals surface area (Å²) < 4.78 is 5.42. The molecule has 1 aromatic rings. The number of rotatable bonds is 5. The Hall–Kier alpha value is -1.42. The molecule has 0 atom stereocenters. The fourth-order valence-electron chi connectivity index (χ4n) is 1.19. The summed E-state index contributed by atoms with van der Waals surface area (Å²) >= 11 is 5.75. The van der Waals surface area contributed by atoms with Gasteiger partial charge in [0.25, 0.3) is 0 Å². The predicted octanol–water partition coefficient (Wildman–Crippen LogP) is 1.83. The van der Waals surface area contributed by atoms with Crippen LogP contribution >= 0.6 is 11.6 Å². The molecule has 0 spiro atoms. The smallest absolute Gasteiger partial charge is 0.219 e. The normalized spacial score (nSPS) is 9.88. The largest absolute Gasteiger partial charge is 0.491 e. The molecule has 0 aliphatic carbocycles.